The van der Waals surface area contributed by atoms with Gasteiger partial charge in [0, 0.05) is 36.2 Å². The van der Waals surface area contributed by atoms with Crippen LogP contribution in [-0.2, 0) is 7.05 Å². The van der Waals surface area contributed by atoms with Crippen LogP contribution < -0.4 is 4.57 Å². The van der Waals surface area contributed by atoms with Crippen molar-refractivity contribution >= 4 is 21.9 Å². The van der Waals surface area contributed by atoms with Gasteiger partial charge in [0.25, 0.3) is 0 Å². The Morgan fingerprint density at radius 3 is 2.29 bits per heavy atom. The van der Waals surface area contributed by atoms with Gasteiger partial charge in [-0.2, -0.15) is 5.26 Å². The lowest BCUT2D eigenvalue weighted by molar-refractivity contribution is -0.661. The first-order valence-electron chi connectivity index (χ1n) is 15.1. The number of benzene rings is 4. The molecule has 0 atom stereocenters. The van der Waals surface area contributed by atoms with Gasteiger partial charge in [-0.15, -0.1) is 0 Å². The highest BCUT2D eigenvalue weighted by Gasteiger charge is 2.24. The summed E-state index contributed by atoms with van der Waals surface area (Å²) < 4.78 is 71.5. The Labute approximate surface area is 229 Å². The normalized spacial score (nSPS) is 14.3. The molecule has 0 aliphatic heterocycles. The average molecular weight is 504 g/mol. The molecule has 0 amide bonds. The predicted octanol–water partition coefficient (Wildman–Crippen LogP) is 8.35. The van der Waals surface area contributed by atoms with Crippen LogP contribution in [0.4, 0.5) is 4.39 Å². The molecular weight excluding hydrogens is 471 g/mol. The molecule has 3 nitrogen and oxygen atoms in total. The number of hydrogen-bond donors (Lipinski definition) is 0. The maximum absolute atomic E-state index is 15.2. The fraction of sp³-hybridized carbons (Fsp3) is 0.118. The van der Waals surface area contributed by atoms with Crippen LogP contribution in [0.5, 0.6) is 0 Å². The Kier molecular flexibility index (Phi) is 4.17. The van der Waals surface area contributed by atoms with Crippen molar-refractivity contribution in [1.29, 1.82) is 5.26 Å². The van der Waals surface area contributed by atoms with E-state index in [1.54, 1.807) is 35.9 Å². The smallest absolute Gasteiger partial charge is 0.219 e. The summed E-state index contributed by atoms with van der Waals surface area (Å²) in [6.07, 6.45) is 1.26. The van der Waals surface area contributed by atoms with Gasteiger partial charge in [0.15, 0.2) is 6.20 Å². The van der Waals surface area contributed by atoms with Crippen LogP contribution in [0.25, 0.3) is 55.4 Å². The molecule has 0 saturated carbocycles. The van der Waals surface area contributed by atoms with E-state index in [2.05, 4.69) is 6.07 Å². The van der Waals surface area contributed by atoms with Crippen LogP contribution in [0.3, 0.4) is 0 Å². The molecule has 0 aliphatic carbocycles. The average Bonchev–Trinajstić information content (AvgIpc) is 3.35. The highest BCUT2D eigenvalue weighted by atomic mass is 19.1. The molecule has 0 unspecified atom stereocenters. The van der Waals surface area contributed by atoms with E-state index in [9.17, 15) is 5.26 Å². The van der Waals surface area contributed by atoms with E-state index in [1.807, 2.05) is 55.5 Å². The number of rotatable bonds is 3. The fourth-order valence-electron chi connectivity index (χ4n) is 5.13. The summed E-state index contributed by atoms with van der Waals surface area (Å²) in [6.45, 7) is -3.29. The Balaban J connectivity index is 1.66. The summed E-state index contributed by atoms with van der Waals surface area (Å²) in [6, 6.07) is 25.1. The van der Waals surface area contributed by atoms with Crippen molar-refractivity contribution in [3.63, 3.8) is 0 Å². The SMILES string of the molecule is [2H]C([2H])([2H])c1c[n+](C)c(-c2c(C)ccc3c2oc2c(-c4ccc(-c5ccccc5)cc4C([2H])([2H])[2H])c(C#N)ccc23)cc1F. The largest absolute Gasteiger partial charge is 0.454 e. The van der Waals surface area contributed by atoms with Gasteiger partial charge in [-0.3, -0.25) is 0 Å². The van der Waals surface area contributed by atoms with Gasteiger partial charge in [-0.05, 0) is 60.6 Å². The fourth-order valence-corrected chi connectivity index (χ4v) is 5.13. The minimum atomic E-state index is -2.63. The van der Waals surface area contributed by atoms with Gasteiger partial charge < -0.3 is 4.42 Å². The Bertz CT molecular complexity index is 2140. The Hall–Kier alpha value is -4.75. The molecule has 0 N–H and O–H groups in total. The number of aryl methyl sites for hydroxylation is 4. The molecule has 0 aliphatic rings. The number of halogens is 1. The number of pyridine rings is 1. The van der Waals surface area contributed by atoms with E-state index in [0.717, 1.165) is 16.7 Å². The number of nitrogens with zero attached hydrogens (tertiary/aromatic N) is 2. The second kappa shape index (κ2) is 8.97. The third kappa shape index (κ3) is 3.67. The van der Waals surface area contributed by atoms with E-state index < -0.39 is 25.1 Å². The monoisotopic (exact) mass is 503 g/mol. The first-order valence-corrected chi connectivity index (χ1v) is 12.1. The zero-order chi connectivity index (χ0) is 31.6. The van der Waals surface area contributed by atoms with E-state index in [1.165, 1.54) is 12.3 Å². The van der Waals surface area contributed by atoms with Crippen LogP contribution >= 0.6 is 0 Å². The van der Waals surface area contributed by atoms with Crippen LogP contribution in [0.1, 0.15) is 30.5 Å². The molecule has 184 valence electrons. The summed E-state index contributed by atoms with van der Waals surface area (Å²) in [5.41, 5.74) is 4.65. The van der Waals surface area contributed by atoms with E-state index in [0.29, 0.717) is 44.3 Å². The number of fused-ring (bicyclic) bond motifs is 3. The maximum atomic E-state index is 15.2. The van der Waals surface area contributed by atoms with E-state index in [-0.39, 0.29) is 11.1 Å². The van der Waals surface area contributed by atoms with Crippen molar-refractivity contribution in [3.05, 3.63) is 113 Å². The standard InChI is InChI=1S/C34H26FN2O/c1-20-10-13-27-28-15-12-25(18-36)32(26-14-11-24(16-21(26)2)23-8-6-5-7-9-23)34(28)38-33(27)31(20)30-17-29(35)22(3)19-37(30)4/h5-17,19H,1-4H3/q+1/i2D3,3D3. The van der Waals surface area contributed by atoms with Crippen LogP contribution in [0, 0.1) is 37.8 Å². The minimum absolute atomic E-state index is 0.0773. The first kappa shape index (κ1) is 17.7. The van der Waals surface area contributed by atoms with Gasteiger partial charge in [0.05, 0.1) is 17.2 Å². The summed E-state index contributed by atoms with van der Waals surface area (Å²) in [5.74, 6) is -0.862. The lowest BCUT2D eigenvalue weighted by Gasteiger charge is -2.11. The lowest BCUT2D eigenvalue weighted by Crippen LogP contribution is -2.31. The molecule has 0 spiro atoms. The molecule has 0 bridgehead atoms. The molecule has 6 rings (SSSR count). The highest BCUT2D eigenvalue weighted by Crippen LogP contribution is 2.43. The number of furan rings is 1. The van der Waals surface area contributed by atoms with Gasteiger partial charge in [0.1, 0.15) is 24.0 Å². The quantitative estimate of drug-likeness (QED) is 0.228. The second-order valence-corrected chi connectivity index (χ2v) is 9.37. The van der Waals surface area contributed by atoms with Crippen molar-refractivity contribution in [3.8, 4) is 39.6 Å². The molecule has 0 fully saturated rings. The number of nitriles is 1. The van der Waals surface area contributed by atoms with Gasteiger partial charge in [-0.1, -0.05) is 60.7 Å². The number of aromatic nitrogens is 1. The topological polar surface area (TPSA) is 40.8 Å². The molecule has 4 heteroatoms. The summed E-state index contributed by atoms with van der Waals surface area (Å²) >= 11 is 0. The summed E-state index contributed by atoms with van der Waals surface area (Å²) in [4.78, 5) is 0. The third-order valence-electron chi connectivity index (χ3n) is 7.01. The van der Waals surface area contributed by atoms with E-state index in [4.69, 9.17) is 12.6 Å². The summed E-state index contributed by atoms with van der Waals surface area (Å²) in [5, 5.41) is 11.5. The first-order chi connectivity index (χ1) is 20.8. The molecule has 0 radical (unpaired) electrons. The summed E-state index contributed by atoms with van der Waals surface area (Å²) in [7, 11) is 1.64. The van der Waals surface area contributed by atoms with Crippen molar-refractivity contribution < 1.29 is 21.6 Å². The Morgan fingerprint density at radius 1 is 0.816 bits per heavy atom. The second-order valence-electron chi connectivity index (χ2n) is 9.37. The predicted molar refractivity (Wildman–Crippen MR) is 150 cm³/mol. The minimum Gasteiger partial charge on any atom is -0.454 e. The van der Waals surface area contributed by atoms with Crippen LogP contribution in [0.2, 0.25) is 0 Å². The Morgan fingerprint density at radius 2 is 1.55 bits per heavy atom. The lowest BCUT2D eigenvalue weighted by atomic mass is 9.91. The third-order valence-corrected chi connectivity index (χ3v) is 7.01. The van der Waals surface area contributed by atoms with Gasteiger partial charge in [0.2, 0.25) is 5.69 Å². The van der Waals surface area contributed by atoms with E-state index >= 15 is 4.39 Å². The van der Waals surface area contributed by atoms with Gasteiger partial charge in [-0.25, -0.2) is 8.96 Å². The van der Waals surface area contributed by atoms with Crippen molar-refractivity contribution in [2.75, 3.05) is 0 Å². The zero-order valence-electron chi connectivity index (χ0n) is 26.8. The molecule has 2 aromatic heterocycles. The molecular formula is C34H26FN2O+. The highest BCUT2D eigenvalue weighted by molar-refractivity contribution is 6.14. The van der Waals surface area contributed by atoms with Crippen LogP contribution in [0.15, 0.2) is 89.5 Å². The molecule has 4 aromatic carbocycles. The zero-order valence-corrected chi connectivity index (χ0v) is 20.8. The van der Waals surface area contributed by atoms with Crippen molar-refractivity contribution in [2.24, 2.45) is 7.05 Å². The van der Waals surface area contributed by atoms with Crippen molar-refractivity contribution in [1.82, 2.24) is 0 Å². The molecule has 6 aromatic rings. The number of hydrogen-bond acceptors (Lipinski definition) is 2. The van der Waals surface area contributed by atoms with Gasteiger partial charge >= 0.3 is 0 Å². The molecule has 0 saturated heterocycles. The van der Waals surface area contributed by atoms with Crippen LogP contribution in [-0.4, -0.2) is 0 Å². The van der Waals surface area contributed by atoms with Crippen molar-refractivity contribution in [2.45, 2.75) is 20.6 Å². The maximum Gasteiger partial charge on any atom is 0.219 e. The molecule has 38 heavy (non-hydrogen) atoms. The molecule has 2 heterocycles.